The molecule has 0 saturated carbocycles. The van der Waals surface area contributed by atoms with E-state index in [9.17, 15) is 0 Å². The number of hydrogen-bond acceptors (Lipinski definition) is 4. The van der Waals surface area contributed by atoms with Crippen LogP contribution in [0, 0.1) is 0 Å². The molecule has 2 unspecified atom stereocenters. The summed E-state index contributed by atoms with van der Waals surface area (Å²) in [6, 6.07) is 10.4. The number of nitrogens with one attached hydrogen (secondary N) is 1. The van der Waals surface area contributed by atoms with Crippen molar-refractivity contribution in [3.63, 3.8) is 0 Å². The Hall–Kier alpha value is -1.23. The average Bonchev–Trinajstić information content (AvgIpc) is 2.89. The number of benzene rings is 1. The molecule has 0 saturated heterocycles. The lowest BCUT2D eigenvalue weighted by Gasteiger charge is -2.15. The second-order valence-electron chi connectivity index (χ2n) is 4.41. The van der Waals surface area contributed by atoms with E-state index in [-0.39, 0.29) is 18.7 Å². The molecule has 2 atom stereocenters. The predicted octanol–water partition coefficient (Wildman–Crippen LogP) is 2.84. The molecule has 2 N–H and O–H groups in total. The Morgan fingerprint density at radius 1 is 1.28 bits per heavy atom. The highest BCUT2D eigenvalue weighted by Crippen LogP contribution is 2.25. The third kappa shape index (κ3) is 3.16. The van der Waals surface area contributed by atoms with Gasteiger partial charge in [0.25, 0.3) is 0 Å². The van der Waals surface area contributed by atoms with Crippen molar-refractivity contribution in [3.8, 4) is 11.3 Å². The Balaban J connectivity index is 2.11. The molecule has 0 aliphatic carbocycles. The predicted molar refractivity (Wildman–Crippen MR) is 75.6 cm³/mol. The summed E-state index contributed by atoms with van der Waals surface area (Å²) in [6.45, 7) is 4.17. The van der Waals surface area contributed by atoms with E-state index in [0.717, 1.165) is 16.3 Å². The third-order valence-corrected chi connectivity index (χ3v) is 3.80. The van der Waals surface area contributed by atoms with Crippen molar-refractivity contribution in [2.45, 2.75) is 25.9 Å². The van der Waals surface area contributed by atoms with Crippen LogP contribution in [0.25, 0.3) is 11.3 Å². The Bertz CT molecular complexity index is 484. The van der Waals surface area contributed by atoms with Crippen LogP contribution in [-0.2, 0) is 0 Å². The van der Waals surface area contributed by atoms with Crippen LogP contribution in [0.2, 0.25) is 0 Å². The Morgan fingerprint density at radius 2 is 2.00 bits per heavy atom. The standard InChI is InChI=1S/C14H18N2OS/c1-10(8-17)15-11(2)14-16-13(9-18-14)12-6-4-3-5-7-12/h3-7,9-11,15,17H,8H2,1-2H3. The van der Waals surface area contributed by atoms with Crippen molar-refractivity contribution < 1.29 is 5.11 Å². The van der Waals surface area contributed by atoms with Gasteiger partial charge in [0.05, 0.1) is 18.3 Å². The summed E-state index contributed by atoms with van der Waals surface area (Å²) in [7, 11) is 0. The number of aliphatic hydroxyl groups is 1. The van der Waals surface area contributed by atoms with E-state index in [1.165, 1.54) is 0 Å². The van der Waals surface area contributed by atoms with E-state index in [1.54, 1.807) is 11.3 Å². The fourth-order valence-corrected chi connectivity index (χ4v) is 2.62. The zero-order valence-electron chi connectivity index (χ0n) is 10.6. The second-order valence-corrected chi connectivity index (χ2v) is 5.30. The maximum absolute atomic E-state index is 9.03. The molecule has 1 aromatic heterocycles. The van der Waals surface area contributed by atoms with Crippen molar-refractivity contribution in [1.82, 2.24) is 10.3 Å². The van der Waals surface area contributed by atoms with Gasteiger partial charge in [-0.25, -0.2) is 4.98 Å². The first-order chi connectivity index (χ1) is 8.70. The molecule has 2 rings (SSSR count). The third-order valence-electron chi connectivity index (χ3n) is 2.77. The largest absolute Gasteiger partial charge is 0.395 e. The maximum atomic E-state index is 9.03. The quantitative estimate of drug-likeness (QED) is 0.871. The number of aliphatic hydroxyl groups excluding tert-OH is 1. The lowest BCUT2D eigenvalue weighted by Crippen LogP contribution is -2.31. The second kappa shape index (κ2) is 6.09. The van der Waals surface area contributed by atoms with E-state index in [0.29, 0.717) is 0 Å². The van der Waals surface area contributed by atoms with Gasteiger partial charge in [0, 0.05) is 17.0 Å². The van der Waals surface area contributed by atoms with Crippen LogP contribution in [0.15, 0.2) is 35.7 Å². The van der Waals surface area contributed by atoms with Crippen LogP contribution in [0.4, 0.5) is 0 Å². The molecular weight excluding hydrogens is 244 g/mol. The van der Waals surface area contributed by atoms with E-state index >= 15 is 0 Å². The number of aromatic nitrogens is 1. The molecule has 0 fully saturated rings. The van der Waals surface area contributed by atoms with Gasteiger partial charge in [-0.3, -0.25) is 0 Å². The first kappa shape index (κ1) is 13.2. The summed E-state index contributed by atoms with van der Waals surface area (Å²) >= 11 is 1.65. The molecule has 1 heterocycles. The smallest absolute Gasteiger partial charge is 0.110 e. The molecule has 2 aromatic rings. The monoisotopic (exact) mass is 262 g/mol. The zero-order chi connectivity index (χ0) is 13.0. The van der Waals surface area contributed by atoms with E-state index in [2.05, 4.69) is 34.7 Å². The molecule has 0 amide bonds. The van der Waals surface area contributed by atoms with Gasteiger partial charge in [0.1, 0.15) is 5.01 Å². The lowest BCUT2D eigenvalue weighted by atomic mass is 10.2. The van der Waals surface area contributed by atoms with Crippen LogP contribution in [0.5, 0.6) is 0 Å². The van der Waals surface area contributed by atoms with Gasteiger partial charge in [-0.15, -0.1) is 11.3 Å². The summed E-state index contributed by atoms with van der Waals surface area (Å²) in [4.78, 5) is 4.64. The minimum absolute atomic E-state index is 0.0871. The van der Waals surface area contributed by atoms with E-state index in [4.69, 9.17) is 5.11 Å². The molecule has 0 radical (unpaired) electrons. The molecular formula is C14H18N2OS. The van der Waals surface area contributed by atoms with Crippen molar-refractivity contribution in [3.05, 3.63) is 40.7 Å². The van der Waals surface area contributed by atoms with Crippen LogP contribution in [0.3, 0.4) is 0 Å². The summed E-state index contributed by atoms with van der Waals surface area (Å²) in [5, 5.41) is 15.5. The molecule has 0 aliphatic heterocycles. The molecule has 18 heavy (non-hydrogen) atoms. The first-order valence-electron chi connectivity index (χ1n) is 6.08. The van der Waals surface area contributed by atoms with Gasteiger partial charge >= 0.3 is 0 Å². The number of thiazole rings is 1. The molecule has 0 bridgehead atoms. The minimum Gasteiger partial charge on any atom is -0.395 e. The highest BCUT2D eigenvalue weighted by molar-refractivity contribution is 7.10. The summed E-state index contributed by atoms with van der Waals surface area (Å²) < 4.78 is 0. The highest BCUT2D eigenvalue weighted by atomic mass is 32.1. The highest BCUT2D eigenvalue weighted by Gasteiger charge is 2.13. The number of hydrogen-bond donors (Lipinski definition) is 2. The Labute approximate surface area is 112 Å². The normalized spacial score (nSPS) is 14.4. The summed E-state index contributed by atoms with van der Waals surface area (Å²) in [5.74, 6) is 0. The van der Waals surface area contributed by atoms with E-state index in [1.807, 2.05) is 25.1 Å². The van der Waals surface area contributed by atoms with Crippen molar-refractivity contribution in [2.75, 3.05) is 6.61 Å². The summed E-state index contributed by atoms with van der Waals surface area (Å²) in [5.41, 5.74) is 2.16. The molecule has 0 spiro atoms. The maximum Gasteiger partial charge on any atom is 0.110 e. The Kier molecular flexibility index (Phi) is 4.47. The van der Waals surface area contributed by atoms with Crippen LogP contribution in [0.1, 0.15) is 24.9 Å². The lowest BCUT2D eigenvalue weighted by molar-refractivity contribution is 0.243. The topological polar surface area (TPSA) is 45.1 Å². The van der Waals surface area contributed by atoms with Gasteiger partial charge in [-0.05, 0) is 13.8 Å². The molecule has 1 aromatic carbocycles. The van der Waals surface area contributed by atoms with Crippen LogP contribution < -0.4 is 5.32 Å². The van der Waals surface area contributed by atoms with Gasteiger partial charge in [0.15, 0.2) is 0 Å². The fraction of sp³-hybridized carbons (Fsp3) is 0.357. The average molecular weight is 262 g/mol. The van der Waals surface area contributed by atoms with Crippen LogP contribution >= 0.6 is 11.3 Å². The molecule has 3 nitrogen and oxygen atoms in total. The summed E-state index contributed by atoms with van der Waals surface area (Å²) in [6.07, 6.45) is 0. The molecule has 0 aliphatic rings. The SMILES string of the molecule is CC(CO)NC(C)c1nc(-c2ccccc2)cs1. The number of rotatable bonds is 5. The van der Waals surface area contributed by atoms with Gasteiger partial charge < -0.3 is 10.4 Å². The Morgan fingerprint density at radius 3 is 2.67 bits per heavy atom. The van der Waals surface area contributed by atoms with Gasteiger partial charge in [-0.1, -0.05) is 30.3 Å². The van der Waals surface area contributed by atoms with Crippen molar-refractivity contribution >= 4 is 11.3 Å². The zero-order valence-corrected chi connectivity index (χ0v) is 11.4. The van der Waals surface area contributed by atoms with E-state index < -0.39 is 0 Å². The van der Waals surface area contributed by atoms with Crippen molar-refractivity contribution in [1.29, 1.82) is 0 Å². The van der Waals surface area contributed by atoms with Gasteiger partial charge in [-0.2, -0.15) is 0 Å². The number of nitrogens with zero attached hydrogens (tertiary/aromatic N) is 1. The first-order valence-corrected chi connectivity index (χ1v) is 6.96. The van der Waals surface area contributed by atoms with Crippen molar-refractivity contribution in [2.24, 2.45) is 0 Å². The molecule has 96 valence electrons. The fourth-order valence-electron chi connectivity index (χ4n) is 1.78. The van der Waals surface area contributed by atoms with Gasteiger partial charge in [0.2, 0.25) is 0 Å². The minimum atomic E-state index is 0.0871. The van der Waals surface area contributed by atoms with Crippen LogP contribution in [-0.4, -0.2) is 22.7 Å². The molecule has 4 heteroatoms.